The van der Waals surface area contributed by atoms with Crippen LogP contribution >= 0.6 is 0 Å². The van der Waals surface area contributed by atoms with Gasteiger partial charge in [0, 0.05) is 30.4 Å². The summed E-state index contributed by atoms with van der Waals surface area (Å²) in [6, 6.07) is 22.3. The number of carbonyl (C=O) groups is 1. The minimum absolute atomic E-state index is 0.196. The van der Waals surface area contributed by atoms with E-state index < -0.39 is 11.4 Å². The number of nitrogens with one attached hydrogen (secondary N) is 2. The monoisotopic (exact) mass is 554 g/mol. The van der Waals surface area contributed by atoms with Crippen LogP contribution in [0, 0.1) is 11.3 Å². The Morgan fingerprint density at radius 3 is 2.40 bits per heavy atom. The first-order valence-electron chi connectivity index (χ1n) is 13.2. The van der Waals surface area contributed by atoms with Gasteiger partial charge < -0.3 is 5.32 Å². The zero-order chi connectivity index (χ0) is 29.4. The number of aryl methyl sites for hydroxylation is 1. The average molecular weight is 555 g/mol. The smallest absolute Gasteiger partial charge is 0.306 e. The number of hydrogen-bond donors (Lipinski definition) is 2. The van der Waals surface area contributed by atoms with Crippen LogP contribution in [0.3, 0.4) is 0 Å². The molecule has 0 saturated heterocycles. The van der Waals surface area contributed by atoms with Gasteiger partial charge in [-0.2, -0.15) is 5.26 Å². The molecule has 0 atom stereocenters. The number of nitriles is 1. The van der Waals surface area contributed by atoms with Crippen LogP contribution in [-0.4, -0.2) is 30.1 Å². The third kappa shape index (κ3) is 4.73. The number of nitrogens with zero attached hydrogens (tertiary/aromatic N) is 6. The van der Waals surface area contributed by atoms with E-state index in [1.54, 1.807) is 59.2 Å². The summed E-state index contributed by atoms with van der Waals surface area (Å²) in [6.45, 7) is 3.73. The Morgan fingerprint density at radius 1 is 0.929 bits per heavy atom. The van der Waals surface area contributed by atoms with Crippen LogP contribution in [-0.2, 0) is 12.5 Å². The lowest BCUT2D eigenvalue weighted by Gasteiger charge is -2.16. The summed E-state index contributed by atoms with van der Waals surface area (Å²) in [5.41, 5.74) is 5.19. The summed E-state index contributed by atoms with van der Waals surface area (Å²) in [5, 5.41) is 15.8. The highest BCUT2D eigenvalue weighted by atomic mass is 16.2. The minimum atomic E-state index is -0.643. The first-order chi connectivity index (χ1) is 20.2. The number of aromatic nitrogens is 5. The Balaban J connectivity index is 1.37. The van der Waals surface area contributed by atoms with Gasteiger partial charge in [-0.1, -0.05) is 18.2 Å². The topological polar surface area (TPSA) is 131 Å². The Kier molecular flexibility index (Phi) is 6.47. The summed E-state index contributed by atoms with van der Waals surface area (Å²) >= 11 is 0. The summed E-state index contributed by atoms with van der Waals surface area (Å²) in [5.74, 6) is 0.393. The van der Waals surface area contributed by atoms with Crippen molar-refractivity contribution in [1.29, 1.82) is 5.26 Å². The third-order valence-corrected chi connectivity index (χ3v) is 7.27. The summed E-state index contributed by atoms with van der Waals surface area (Å²) in [7, 11) is 1.73. The van der Waals surface area contributed by atoms with Gasteiger partial charge in [-0.05, 0) is 73.5 Å². The lowest BCUT2D eigenvalue weighted by molar-refractivity contribution is 0.262. The van der Waals surface area contributed by atoms with E-state index in [2.05, 4.69) is 31.7 Å². The first kappa shape index (κ1) is 26.4. The van der Waals surface area contributed by atoms with Crippen LogP contribution < -0.4 is 16.3 Å². The zero-order valence-electron chi connectivity index (χ0n) is 23.2. The van der Waals surface area contributed by atoms with Crippen molar-refractivity contribution < 1.29 is 4.79 Å². The first-order valence-corrected chi connectivity index (χ1v) is 13.2. The second kappa shape index (κ2) is 10.3. The van der Waals surface area contributed by atoms with Crippen molar-refractivity contribution in [3.8, 4) is 22.9 Å². The number of amides is 2. The van der Waals surface area contributed by atoms with Gasteiger partial charge in [0.1, 0.15) is 5.82 Å². The van der Waals surface area contributed by atoms with Crippen LogP contribution in [0.1, 0.15) is 19.4 Å². The van der Waals surface area contributed by atoms with E-state index in [0.717, 1.165) is 33.1 Å². The van der Waals surface area contributed by atoms with E-state index in [4.69, 9.17) is 0 Å². The lowest BCUT2D eigenvalue weighted by Crippen LogP contribution is -2.21. The Hall–Kier alpha value is -5.82. The molecule has 4 aromatic heterocycles. The predicted octanol–water partition coefficient (Wildman–Crippen LogP) is 5.78. The van der Waals surface area contributed by atoms with Gasteiger partial charge in [0.05, 0.1) is 51.8 Å². The number of carbonyl (C=O) groups excluding carboxylic acids is 1. The summed E-state index contributed by atoms with van der Waals surface area (Å²) in [6.07, 6.45) is 6.57. The number of imidazole rings is 1. The van der Waals surface area contributed by atoms with Crippen molar-refractivity contribution in [2.45, 2.75) is 19.3 Å². The fraction of sp³-hybridized carbons (Fsp3) is 0.125. The normalized spacial score (nSPS) is 11.4. The number of rotatable bonds is 5. The molecule has 0 aliphatic rings. The van der Waals surface area contributed by atoms with Gasteiger partial charge in [0.2, 0.25) is 0 Å². The van der Waals surface area contributed by atoms with E-state index in [0.29, 0.717) is 22.7 Å². The number of hydrogen-bond acceptors (Lipinski definition) is 6. The van der Waals surface area contributed by atoms with Crippen LogP contribution in [0.25, 0.3) is 38.8 Å². The Morgan fingerprint density at radius 2 is 1.71 bits per heavy atom. The second-order valence-electron chi connectivity index (χ2n) is 10.4. The van der Waals surface area contributed by atoms with Crippen molar-refractivity contribution in [3.05, 3.63) is 108 Å². The van der Waals surface area contributed by atoms with Crippen molar-refractivity contribution in [2.24, 2.45) is 7.05 Å². The third-order valence-electron chi connectivity index (χ3n) is 7.27. The highest BCUT2D eigenvalue weighted by Crippen LogP contribution is 2.31. The second-order valence-corrected chi connectivity index (χ2v) is 10.4. The van der Waals surface area contributed by atoms with Crippen LogP contribution in [0.2, 0.25) is 0 Å². The summed E-state index contributed by atoms with van der Waals surface area (Å²) in [4.78, 5) is 38.8. The number of fused-ring (bicyclic) bond motifs is 3. The molecule has 0 aliphatic heterocycles. The molecule has 0 saturated carbocycles. The Labute approximate surface area is 240 Å². The number of pyridine rings is 3. The van der Waals surface area contributed by atoms with Crippen molar-refractivity contribution in [1.82, 2.24) is 24.1 Å². The molecule has 6 rings (SSSR count). The van der Waals surface area contributed by atoms with E-state index in [9.17, 15) is 14.9 Å². The molecule has 0 radical (unpaired) electrons. The quantitative estimate of drug-likeness (QED) is 0.278. The zero-order valence-corrected chi connectivity index (χ0v) is 23.2. The molecule has 0 fully saturated rings. The number of urea groups is 1. The molecular weight excluding hydrogens is 528 g/mol. The maximum absolute atomic E-state index is 13.5. The largest absolute Gasteiger partial charge is 0.333 e. The van der Waals surface area contributed by atoms with E-state index >= 15 is 0 Å². The SMILES string of the molecule is Cn1c(=O)n(-c2ccc(C(C)(C)C#N)cc2)c2c3cc(-c4ccc(NC(=O)Nc5cccnc5)nc4)ccc3ncc21. The molecule has 6 aromatic rings. The lowest BCUT2D eigenvalue weighted by atomic mass is 9.86. The van der Waals surface area contributed by atoms with E-state index in [1.807, 2.05) is 62.4 Å². The molecular formula is C32H26N8O2. The molecule has 2 N–H and O–H groups in total. The Bertz CT molecular complexity index is 2050. The predicted molar refractivity (Wildman–Crippen MR) is 163 cm³/mol. The van der Waals surface area contributed by atoms with Gasteiger partial charge >= 0.3 is 11.7 Å². The fourth-order valence-corrected chi connectivity index (χ4v) is 4.86. The molecule has 4 heterocycles. The molecule has 0 unspecified atom stereocenters. The maximum Gasteiger partial charge on any atom is 0.333 e. The van der Waals surface area contributed by atoms with Gasteiger partial charge in [-0.15, -0.1) is 0 Å². The number of benzene rings is 2. The highest BCUT2D eigenvalue weighted by Gasteiger charge is 2.21. The van der Waals surface area contributed by atoms with Crippen molar-refractivity contribution in [3.63, 3.8) is 0 Å². The average Bonchev–Trinajstić information content (AvgIpc) is 3.27. The summed E-state index contributed by atoms with van der Waals surface area (Å²) < 4.78 is 3.26. The van der Waals surface area contributed by atoms with Crippen molar-refractivity contribution in [2.75, 3.05) is 10.6 Å². The molecule has 206 valence electrons. The van der Waals surface area contributed by atoms with Crippen molar-refractivity contribution >= 4 is 39.5 Å². The minimum Gasteiger partial charge on any atom is -0.306 e. The molecule has 42 heavy (non-hydrogen) atoms. The van der Waals surface area contributed by atoms with Crippen LogP contribution in [0.4, 0.5) is 16.3 Å². The maximum atomic E-state index is 13.5. The molecule has 0 bridgehead atoms. The number of anilines is 2. The van der Waals surface area contributed by atoms with Crippen LogP contribution in [0.15, 0.2) is 96.3 Å². The highest BCUT2D eigenvalue weighted by molar-refractivity contribution is 6.04. The van der Waals surface area contributed by atoms with Gasteiger partial charge in [-0.3, -0.25) is 24.4 Å². The van der Waals surface area contributed by atoms with Gasteiger partial charge in [-0.25, -0.2) is 14.6 Å². The molecule has 10 heteroatoms. The van der Waals surface area contributed by atoms with Gasteiger partial charge in [0.15, 0.2) is 0 Å². The van der Waals surface area contributed by atoms with E-state index in [1.165, 1.54) is 0 Å². The van der Waals surface area contributed by atoms with Crippen LogP contribution in [0.5, 0.6) is 0 Å². The van der Waals surface area contributed by atoms with E-state index in [-0.39, 0.29) is 5.69 Å². The standard InChI is InChI=1S/C32H26N8O2/c1-32(2,19-33)22-8-10-24(11-9-22)40-29-25-15-20(6-12-26(25)35-18-27(29)39(3)31(40)42)21-7-13-28(36-16-21)38-30(41)37-23-5-4-14-34-17-23/h4-18H,1-3H3,(H2,36,37,38,41). The molecule has 0 aliphatic carbocycles. The molecule has 2 amide bonds. The molecule has 0 spiro atoms. The molecule has 2 aromatic carbocycles. The fourth-order valence-electron chi connectivity index (χ4n) is 4.86. The van der Waals surface area contributed by atoms with Gasteiger partial charge in [0.25, 0.3) is 0 Å². The molecule has 10 nitrogen and oxygen atoms in total.